The lowest BCUT2D eigenvalue weighted by Crippen LogP contribution is -2.22. The summed E-state index contributed by atoms with van der Waals surface area (Å²) in [6, 6.07) is 17.2. The highest BCUT2D eigenvalue weighted by atomic mass is 127. The zero-order valence-corrected chi connectivity index (χ0v) is 14.8. The van der Waals surface area contributed by atoms with Gasteiger partial charge in [-0.25, -0.2) is 4.99 Å². The summed E-state index contributed by atoms with van der Waals surface area (Å²) in [6.07, 6.45) is 1.66. The zero-order valence-electron chi connectivity index (χ0n) is 11.7. The van der Waals surface area contributed by atoms with E-state index >= 15 is 0 Å². The zero-order chi connectivity index (χ0) is 14.4. The average Bonchev–Trinajstić information content (AvgIpc) is 2.46. The second-order valence-corrected chi connectivity index (χ2v) is 5.67. The van der Waals surface area contributed by atoms with Crippen LogP contribution in [0.5, 0.6) is 0 Å². The Balaban J connectivity index is 0.00000220. The molecule has 6 heteroatoms. The molecule has 4 nitrogen and oxygen atoms in total. The van der Waals surface area contributed by atoms with Gasteiger partial charge < -0.3 is 11.1 Å². The lowest BCUT2D eigenvalue weighted by Gasteiger charge is -2.05. The highest BCUT2D eigenvalue weighted by molar-refractivity contribution is 14.0. The van der Waals surface area contributed by atoms with E-state index in [4.69, 9.17) is 5.73 Å². The first-order chi connectivity index (χ1) is 9.65. The van der Waals surface area contributed by atoms with Crippen molar-refractivity contribution in [1.82, 2.24) is 0 Å². The fraction of sp³-hybridized carbons (Fsp3) is 0.133. The summed E-state index contributed by atoms with van der Waals surface area (Å²) >= 11 is 0. The van der Waals surface area contributed by atoms with Crippen molar-refractivity contribution in [2.75, 3.05) is 11.6 Å². The van der Waals surface area contributed by atoms with E-state index in [0.29, 0.717) is 12.5 Å². The molecule has 0 aliphatic rings. The monoisotopic (exact) mass is 415 g/mol. The van der Waals surface area contributed by atoms with E-state index in [2.05, 4.69) is 10.3 Å². The SMILES string of the molecule is CS(=O)c1ccc(CN=C(N)Nc2ccccc2)cc1.I. The number of aliphatic imine (C=N–C) groups is 1. The number of halogens is 1. The van der Waals surface area contributed by atoms with Crippen molar-refractivity contribution in [3.8, 4) is 0 Å². The van der Waals surface area contributed by atoms with Gasteiger partial charge in [-0.2, -0.15) is 0 Å². The number of nitrogens with one attached hydrogen (secondary N) is 1. The quantitative estimate of drug-likeness (QED) is 0.459. The van der Waals surface area contributed by atoms with Crippen molar-refractivity contribution in [3.63, 3.8) is 0 Å². The molecule has 1 atom stereocenters. The summed E-state index contributed by atoms with van der Waals surface area (Å²) in [5, 5.41) is 3.02. The van der Waals surface area contributed by atoms with Crippen LogP contribution in [0.2, 0.25) is 0 Å². The van der Waals surface area contributed by atoms with Crippen LogP contribution in [0.1, 0.15) is 5.56 Å². The summed E-state index contributed by atoms with van der Waals surface area (Å²) in [7, 11) is -0.949. The van der Waals surface area contributed by atoms with Crippen molar-refractivity contribution in [3.05, 3.63) is 60.2 Å². The van der Waals surface area contributed by atoms with Crippen molar-refractivity contribution in [2.24, 2.45) is 10.7 Å². The number of para-hydroxylation sites is 1. The third-order valence-corrected chi connectivity index (χ3v) is 3.67. The molecule has 2 rings (SSSR count). The van der Waals surface area contributed by atoms with Gasteiger partial charge in [0.05, 0.1) is 6.54 Å². The molecule has 0 aromatic heterocycles. The van der Waals surface area contributed by atoms with E-state index in [-0.39, 0.29) is 24.0 Å². The lowest BCUT2D eigenvalue weighted by molar-refractivity contribution is 0.687. The number of hydrogen-bond donors (Lipinski definition) is 2. The number of benzene rings is 2. The van der Waals surface area contributed by atoms with Gasteiger partial charge in [0.15, 0.2) is 5.96 Å². The summed E-state index contributed by atoms with van der Waals surface area (Å²) in [4.78, 5) is 5.08. The first kappa shape index (κ1) is 17.6. The Labute approximate surface area is 144 Å². The van der Waals surface area contributed by atoms with Gasteiger partial charge >= 0.3 is 0 Å². The number of hydrogen-bond acceptors (Lipinski definition) is 2. The van der Waals surface area contributed by atoms with E-state index in [0.717, 1.165) is 16.1 Å². The smallest absolute Gasteiger partial charge is 0.193 e. The number of nitrogens with zero attached hydrogens (tertiary/aromatic N) is 1. The molecule has 0 saturated carbocycles. The highest BCUT2D eigenvalue weighted by Gasteiger charge is 1.98. The second kappa shape index (κ2) is 8.78. The molecule has 0 saturated heterocycles. The molecule has 112 valence electrons. The van der Waals surface area contributed by atoms with Crippen LogP contribution >= 0.6 is 24.0 Å². The maximum atomic E-state index is 11.3. The van der Waals surface area contributed by atoms with Crippen LogP contribution in [0.4, 0.5) is 5.69 Å². The van der Waals surface area contributed by atoms with E-state index in [1.807, 2.05) is 54.6 Å². The third kappa shape index (κ3) is 5.84. The average molecular weight is 415 g/mol. The molecule has 0 radical (unpaired) electrons. The first-order valence-electron chi connectivity index (χ1n) is 6.19. The molecular weight excluding hydrogens is 397 g/mol. The normalized spacial score (nSPS) is 12.3. The van der Waals surface area contributed by atoms with Crippen LogP contribution in [-0.4, -0.2) is 16.4 Å². The van der Waals surface area contributed by atoms with Crippen LogP contribution in [0, 0.1) is 0 Å². The Bertz CT molecular complexity index is 615. The first-order valence-corrected chi connectivity index (χ1v) is 7.75. The minimum atomic E-state index is -0.949. The molecule has 1 unspecified atom stereocenters. The summed E-state index contributed by atoms with van der Waals surface area (Å²) < 4.78 is 11.3. The van der Waals surface area contributed by atoms with E-state index < -0.39 is 10.8 Å². The largest absolute Gasteiger partial charge is 0.370 e. The van der Waals surface area contributed by atoms with E-state index in [1.54, 1.807) is 6.26 Å². The maximum Gasteiger partial charge on any atom is 0.193 e. The predicted octanol–water partition coefficient (Wildman–Crippen LogP) is 2.97. The highest BCUT2D eigenvalue weighted by Crippen LogP contribution is 2.09. The van der Waals surface area contributed by atoms with Crippen molar-refractivity contribution in [2.45, 2.75) is 11.4 Å². The Morgan fingerprint density at radius 1 is 1.14 bits per heavy atom. The van der Waals surface area contributed by atoms with E-state index in [1.165, 1.54) is 0 Å². The Morgan fingerprint density at radius 3 is 2.33 bits per heavy atom. The molecular formula is C15H18IN3OS. The van der Waals surface area contributed by atoms with Crippen molar-refractivity contribution >= 4 is 46.4 Å². The van der Waals surface area contributed by atoms with Gasteiger partial charge in [0.2, 0.25) is 0 Å². The fourth-order valence-corrected chi connectivity index (χ4v) is 2.19. The molecule has 0 aliphatic carbocycles. The topological polar surface area (TPSA) is 67.5 Å². The summed E-state index contributed by atoms with van der Waals surface area (Å²) in [6.45, 7) is 0.488. The summed E-state index contributed by atoms with van der Waals surface area (Å²) in [5.74, 6) is 0.374. The van der Waals surface area contributed by atoms with Crippen LogP contribution in [0.25, 0.3) is 0 Å². The predicted molar refractivity (Wildman–Crippen MR) is 99.6 cm³/mol. The standard InChI is InChI=1S/C15H17N3OS.HI/c1-20(19)14-9-7-12(8-10-14)11-17-15(16)18-13-5-3-2-4-6-13;/h2-10H,11H2,1H3,(H3,16,17,18);1H. The molecule has 0 bridgehead atoms. The number of rotatable bonds is 4. The minimum absolute atomic E-state index is 0. The van der Waals surface area contributed by atoms with E-state index in [9.17, 15) is 4.21 Å². The van der Waals surface area contributed by atoms with Crippen molar-refractivity contribution < 1.29 is 4.21 Å². The molecule has 2 aromatic rings. The van der Waals surface area contributed by atoms with Gasteiger partial charge in [-0.15, -0.1) is 24.0 Å². The maximum absolute atomic E-state index is 11.3. The molecule has 2 aromatic carbocycles. The Hall–Kier alpha value is -1.41. The Morgan fingerprint density at radius 2 is 1.76 bits per heavy atom. The lowest BCUT2D eigenvalue weighted by atomic mass is 10.2. The third-order valence-electron chi connectivity index (χ3n) is 2.73. The Kier molecular flexibility index (Phi) is 7.38. The molecule has 21 heavy (non-hydrogen) atoms. The van der Waals surface area contributed by atoms with Gasteiger partial charge in [0.25, 0.3) is 0 Å². The van der Waals surface area contributed by atoms with Gasteiger partial charge in [-0.3, -0.25) is 4.21 Å². The summed E-state index contributed by atoms with van der Waals surface area (Å²) in [5.41, 5.74) is 7.75. The van der Waals surface area contributed by atoms with Gasteiger partial charge in [-0.05, 0) is 29.8 Å². The molecule has 0 spiro atoms. The molecule has 3 N–H and O–H groups in total. The van der Waals surface area contributed by atoms with Crippen LogP contribution in [0.15, 0.2) is 64.5 Å². The van der Waals surface area contributed by atoms with Gasteiger partial charge in [0, 0.05) is 27.6 Å². The molecule has 0 aliphatic heterocycles. The van der Waals surface area contributed by atoms with Crippen molar-refractivity contribution in [1.29, 1.82) is 0 Å². The molecule has 0 amide bonds. The van der Waals surface area contributed by atoms with Gasteiger partial charge in [-0.1, -0.05) is 30.3 Å². The molecule has 0 fully saturated rings. The van der Waals surface area contributed by atoms with Crippen LogP contribution in [-0.2, 0) is 17.3 Å². The van der Waals surface area contributed by atoms with Gasteiger partial charge in [0.1, 0.15) is 0 Å². The number of anilines is 1. The minimum Gasteiger partial charge on any atom is -0.370 e. The van der Waals surface area contributed by atoms with Crippen LogP contribution in [0.3, 0.4) is 0 Å². The fourth-order valence-electron chi connectivity index (χ4n) is 1.67. The number of nitrogens with two attached hydrogens (primary N) is 1. The second-order valence-electron chi connectivity index (χ2n) is 4.29. The molecule has 0 heterocycles. The van der Waals surface area contributed by atoms with Crippen LogP contribution < -0.4 is 11.1 Å². The number of guanidine groups is 1.